The lowest BCUT2D eigenvalue weighted by Gasteiger charge is -2.30. The summed E-state index contributed by atoms with van der Waals surface area (Å²) in [6.07, 6.45) is 3.59. The first-order valence-electron chi connectivity index (χ1n) is 15.3. The first kappa shape index (κ1) is 32.4. The number of hydrogen-bond donors (Lipinski definition) is 0. The Morgan fingerprint density at radius 2 is 0.628 bits per heavy atom. The number of methoxy groups -OCH3 is 4. The fourth-order valence-electron chi connectivity index (χ4n) is 5.85. The van der Waals surface area contributed by atoms with E-state index in [4.69, 9.17) is 23.1 Å². The second kappa shape index (κ2) is 15.3. The highest BCUT2D eigenvalue weighted by atomic mass is 28.4. The Balaban J connectivity index is 2.01. The molecule has 0 aromatic heterocycles. The van der Waals surface area contributed by atoms with E-state index in [2.05, 4.69) is 100 Å². The number of aryl methyl sites for hydroxylation is 4. The summed E-state index contributed by atoms with van der Waals surface area (Å²) in [5.74, 6) is 3.50. The molecule has 0 saturated carbocycles. The zero-order valence-electron chi connectivity index (χ0n) is 27.0. The summed E-state index contributed by atoms with van der Waals surface area (Å²) >= 11 is 0. The van der Waals surface area contributed by atoms with Crippen molar-refractivity contribution in [2.45, 2.75) is 53.4 Å². The molecule has 0 aliphatic carbocycles. The van der Waals surface area contributed by atoms with Crippen LogP contribution in [0.25, 0.3) is 0 Å². The van der Waals surface area contributed by atoms with Crippen LogP contribution in [0, 0.1) is 0 Å². The van der Waals surface area contributed by atoms with Gasteiger partial charge in [-0.25, -0.2) is 0 Å². The van der Waals surface area contributed by atoms with E-state index in [0.29, 0.717) is 0 Å². The van der Waals surface area contributed by atoms with E-state index in [1.54, 1.807) is 28.4 Å². The molecule has 0 aliphatic rings. The maximum atomic E-state index is 7.77. The van der Waals surface area contributed by atoms with Crippen molar-refractivity contribution in [3.63, 3.8) is 0 Å². The molecule has 0 spiro atoms. The Morgan fingerprint density at radius 3 is 0.814 bits per heavy atom. The third-order valence-corrected chi connectivity index (χ3v) is 15.0. The minimum absolute atomic E-state index is 0.874. The summed E-state index contributed by atoms with van der Waals surface area (Å²) < 4.78 is 30.3. The van der Waals surface area contributed by atoms with Gasteiger partial charge in [-0.1, -0.05) is 52.0 Å². The van der Waals surface area contributed by atoms with Gasteiger partial charge in [0.05, 0.1) is 28.4 Å². The topological polar surface area (TPSA) is 46.2 Å². The largest absolute Gasteiger partial charge is 0.497 e. The van der Waals surface area contributed by atoms with Crippen molar-refractivity contribution in [1.82, 2.24) is 0 Å². The molecular weight excluding hydrogens is 569 g/mol. The molecule has 0 fully saturated rings. The van der Waals surface area contributed by atoms with Gasteiger partial charge >= 0.3 is 0 Å². The maximum Gasteiger partial charge on any atom is 0.229 e. The molecular formula is C36H46O5Si2. The van der Waals surface area contributed by atoms with Crippen LogP contribution in [0.3, 0.4) is 0 Å². The Hall–Kier alpha value is -3.53. The van der Waals surface area contributed by atoms with Crippen molar-refractivity contribution in [1.29, 1.82) is 0 Å². The van der Waals surface area contributed by atoms with E-state index in [-0.39, 0.29) is 0 Å². The van der Waals surface area contributed by atoms with Crippen LogP contribution in [0.2, 0.25) is 0 Å². The van der Waals surface area contributed by atoms with Crippen molar-refractivity contribution in [3.8, 4) is 23.0 Å². The van der Waals surface area contributed by atoms with E-state index in [1.807, 2.05) is 0 Å². The van der Waals surface area contributed by atoms with Crippen molar-refractivity contribution < 1.29 is 23.1 Å². The number of hydrogen-bond acceptors (Lipinski definition) is 5. The number of rotatable bonds is 14. The zero-order chi connectivity index (χ0) is 30.9. The zero-order valence-corrected chi connectivity index (χ0v) is 29.3. The van der Waals surface area contributed by atoms with Gasteiger partial charge in [0.25, 0.3) is 0 Å². The van der Waals surface area contributed by atoms with Gasteiger partial charge in [0.1, 0.15) is 23.0 Å². The predicted molar refractivity (Wildman–Crippen MR) is 183 cm³/mol. The lowest BCUT2D eigenvalue weighted by atomic mass is 10.1. The highest BCUT2D eigenvalue weighted by Gasteiger charge is 2.32. The molecule has 0 unspecified atom stereocenters. The highest BCUT2D eigenvalue weighted by Crippen LogP contribution is 2.20. The van der Waals surface area contributed by atoms with Crippen molar-refractivity contribution in [2.75, 3.05) is 28.4 Å². The van der Waals surface area contributed by atoms with Crippen molar-refractivity contribution in [3.05, 3.63) is 95.1 Å². The van der Waals surface area contributed by atoms with Gasteiger partial charge in [0.2, 0.25) is 18.1 Å². The molecule has 7 heteroatoms. The minimum Gasteiger partial charge on any atom is -0.497 e. The molecule has 4 aromatic rings. The number of ether oxygens (including phenoxy) is 4. The van der Waals surface area contributed by atoms with Crippen molar-refractivity contribution in [2.24, 2.45) is 0 Å². The first-order chi connectivity index (χ1) is 20.9. The molecule has 0 N–H and O–H groups in total. The summed E-state index contributed by atoms with van der Waals surface area (Å²) in [7, 11) is 2.44. The summed E-state index contributed by atoms with van der Waals surface area (Å²) in [6, 6.07) is 26.0. The number of benzene rings is 4. The minimum atomic E-state index is -2.24. The molecule has 0 aliphatic heterocycles. The molecule has 228 valence electrons. The fraction of sp³-hybridized carbons (Fsp3) is 0.333. The SMILES string of the molecule is CCc1cc(OC)ccc1[SiH](O[SiH](c1ccc(OC)cc1CC)c1ccc(OC)cc1CC)c1ccc(OC)cc1CC. The van der Waals surface area contributed by atoms with E-state index in [9.17, 15) is 0 Å². The highest BCUT2D eigenvalue weighted by molar-refractivity contribution is 6.92. The molecule has 0 heterocycles. The van der Waals surface area contributed by atoms with Crippen molar-refractivity contribution >= 4 is 38.8 Å². The smallest absolute Gasteiger partial charge is 0.229 e. The van der Waals surface area contributed by atoms with E-state index >= 15 is 0 Å². The Morgan fingerprint density at radius 1 is 0.395 bits per heavy atom. The predicted octanol–water partition coefficient (Wildman–Crippen LogP) is 4.36. The van der Waals surface area contributed by atoms with Crippen LogP contribution in [0.4, 0.5) is 0 Å². The lowest BCUT2D eigenvalue weighted by molar-refractivity contribution is 0.414. The molecule has 5 nitrogen and oxygen atoms in total. The standard InChI is InChI=1S/C36H46O5Si2/c1-9-25-21-29(37-5)13-17-33(25)42(34-18-14-30(38-6)22-26(34)10-2)41-43(35-19-15-31(39-7)23-27(35)11-3)36-20-16-32(40-8)24-28(36)12-4/h13-24,42-43H,9-12H2,1-8H3. The van der Waals surface area contributed by atoms with E-state index in [0.717, 1.165) is 48.7 Å². The second-order valence-electron chi connectivity index (χ2n) is 10.6. The van der Waals surface area contributed by atoms with Gasteiger partial charge in [0, 0.05) is 0 Å². The first-order valence-corrected chi connectivity index (χ1v) is 18.5. The van der Waals surface area contributed by atoms with Crippen LogP contribution < -0.4 is 39.7 Å². The third kappa shape index (κ3) is 7.17. The summed E-state index contributed by atoms with van der Waals surface area (Å²) in [4.78, 5) is 0. The quantitative estimate of drug-likeness (QED) is 0.198. The summed E-state index contributed by atoms with van der Waals surface area (Å²) in [5, 5.41) is 5.22. The van der Waals surface area contributed by atoms with Crippen LogP contribution in [-0.4, -0.2) is 46.5 Å². The third-order valence-electron chi connectivity index (χ3n) is 8.33. The van der Waals surface area contributed by atoms with Gasteiger partial charge < -0.3 is 23.1 Å². The fourth-order valence-corrected chi connectivity index (χ4v) is 13.5. The van der Waals surface area contributed by atoms with Crippen LogP contribution in [0.1, 0.15) is 49.9 Å². The lowest BCUT2D eigenvalue weighted by Crippen LogP contribution is -2.58. The molecule has 4 rings (SSSR count). The van der Waals surface area contributed by atoms with Gasteiger partial charge in [-0.2, -0.15) is 0 Å². The maximum absolute atomic E-state index is 7.77. The van der Waals surface area contributed by atoms with E-state index < -0.39 is 18.1 Å². The van der Waals surface area contributed by atoms with Gasteiger partial charge in [0.15, 0.2) is 0 Å². The van der Waals surface area contributed by atoms with Crippen LogP contribution in [0.15, 0.2) is 72.8 Å². The molecule has 4 aromatic carbocycles. The average molecular weight is 615 g/mol. The molecule has 0 atom stereocenters. The second-order valence-corrected chi connectivity index (χ2v) is 15.7. The van der Waals surface area contributed by atoms with Crippen LogP contribution in [0.5, 0.6) is 23.0 Å². The van der Waals surface area contributed by atoms with E-state index in [1.165, 1.54) is 43.0 Å². The van der Waals surface area contributed by atoms with Gasteiger partial charge in [-0.3, -0.25) is 0 Å². The molecule has 43 heavy (non-hydrogen) atoms. The Bertz CT molecular complexity index is 1300. The normalized spacial score (nSPS) is 11.2. The van der Waals surface area contributed by atoms with Crippen LogP contribution >= 0.6 is 0 Å². The van der Waals surface area contributed by atoms with Gasteiger partial charge in [-0.15, -0.1) is 0 Å². The summed E-state index contributed by atoms with van der Waals surface area (Å²) in [6.45, 7) is 8.85. The Labute approximate surface area is 261 Å². The van der Waals surface area contributed by atoms with Crippen LogP contribution in [-0.2, 0) is 29.8 Å². The average Bonchev–Trinajstić information content (AvgIpc) is 3.07. The molecule has 0 amide bonds. The molecule has 0 bridgehead atoms. The molecule has 0 radical (unpaired) electrons. The van der Waals surface area contributed by atoms with Gasteiger partial charge in [-0.05, 0) is 117 Å². The summed E-state index contributed by atoms with van der Waals surface area (Å²) in [5.41, 5.74) is 5.10. The molecule has 0 saturated heterocycles. The Kier molecular flexibility index (Phi) is 11.5. The monoisotopic (exact) mass is 614 g/mol.